The summed E-state index contributed by atoms with van der Waals surface area (Å²) in [5, 5.41) is 3.99. The molecule has 0 saturated carbocycles. The number of nitrogens with one attached hydrogen (secondary N) is 1. The lowest BCUT2D eigenvalue weighted by Gasteiger charge is -2.14. The van der Waals surface area contributed by atoms with Gasteiger partial charge in [-0.15, -0.1) is 0 Å². The molecule has 0 saturated heterocycles. The molecule has 1 heterocycles. The number of anilines is 2. The number of hydrogen-bond acceptors (Lipinski definition) is 3. The van der Waals surface area contributed by atoms with Crippen molar-refractivity contribution in [2.24, 2.45) is 5.73 Å². The Kier molecular flexibility index (Phi) is 4.02. The van der Waals surface area contributed by atoms with E-state index < -0.39 is 0 Å². The first-order valence-corrected chi connectivity index (χ1v) is 6.56. The van der Waals surface area contributed by atoms with E-state index in [0.29, 0.717) is 10.0 Å². The van der Waals surface area contributed by atoms with E-state index in [9.17, 15) is 0 Å². The summed E-state index contributed by atoms with van der Waals surface area (Å²) in [6.45, 7) is 3.83. The molecule has 2 rings (SSSR count). The zero-order chi connectivity index (χ0) is 14.0. The van der Waals surface area contributed by atoms with E-state index in [4.69, 9.17) is 29.6 Å². The predicted octanol–water partition coefficient (Wildman–Crippen LogP) is 3.73. The fraction of sp³-hybridized carbons (Fsp3) is 0.143. The zero-order valence-corrected chi connectivity index (χ0v) is 12.3. The van der Waals surface area contributed by atoms with E-state index >= 15 is 0 Å². The van der Waals surface area contributed by atoms with Crippen LogP contribution >= 0.6 is 23.8 Å². The van der Waals surface area contributed by atoms with E-state index in [1.807, 2.05) is 44.2 Å². The van der Waals surface area contributed by atoms with Gasteiger partial charge >= 0.3 is 0 Å². The molecule has 0 unspecified atom stereocenters. The Morgan fingerprint density at radius 1 is 1.26 bits per heavy atom. The smallest absolute Gasteiger partial charge is 0.107 e. The molecule has 0 aliphatic rings. The molecule has 0 spiro atoms. The third-order valence-electron chi connectivity index (χ3n) is 2.70. The Morgan fingerprint density at radius 3 is 2.47 bits per heavy atom. The van der Waals surface area contributed by atoms with Crippen LogP contribution < -0.4 is 11.1 Å². The van der Waals surface area contributed by atoms with Crippen LogP contribution in [0, 0.1) is 13.8 Å². The number of aryl methyl sites for hydroxylation is 2. The number of benzene rings is 1. The second kappa shape index (κ2) is 5.55. The predicted molar refractivity (Wildman–Crippen MR) is 84.3 cm³/mol. The minimum Gasteiger partial charge on any atom is -0.389 e. The van der Waals surface area contributed by atoms with Gasteiger partial charge in [0.05, 0.1) is 11.3 Å². The van der Waals surface area contributed by atoms with Crippen molar-refractivity contribution in [3.63, 3.8) is 0 Å². The highest BCUT2D eigenvalue weighted by atomic mass is 35.5. The zero-order valence-electron chi connectivity index (χ0n) is 10.7. The van der Waals surface area contributed by atoms with Gasteiger partial charge in [-0.05, 0) is 44.2 Å². The van der Waals surface area contributed by atoms with E-state index in [1.54, 1.807) is 0 Å². The number of rotatable bonds is 3. The number of thiocarbonyl (C=S) groups is 1. The topological polar surface area (TPSA) is 50.9 Å². The van der Waals surface area contributed by atoms with Crippen LogP contribution in [0.3, 0.4) is 0 Å². The summed E-state index contributed by atoms with van der Waals surface area (Å²) >= 11 is 11.0. The van der Waals surface area contributed by atoms with Crippen molar-refractivity contribution >= 4 is 40.2 Å². The molecule has 0 aliphatic heterocycles. The number of hydrogen-bond donors (Lipinski definition) is 2. The first-order valence-electron chi connectivity index (χ1n) is 5.78. The summed E-state index contributed by atoms with van der Waals surface area (Å²) in [7, 11) is 0. The van der Waals surface area contributed by atoms with Gasteiger partial charge in [0.25, 0.3) is 0 Å². The summed E-state index contributed by atoms with van der Waals surface area (Å²) in [5.74, 6) is 0. The summed E-state index contributed by atoms with van der Waals surface area (Å²) in [4.78, 5) is 4.72. The number of nitrogens with zero attached hydrogens (tertiary/aromatic N) is 1. The average molecular weight is 292 g/mol. The quantitative estimate of drug-likeness (QED) is 0.846. The Balaban J connectivity index is 2.44. The summed E-state index contributed by atoms with van der Waals surface area (Å²) in [5.41, 5.74) is 10.1. The highest BCUT2D eigenvalue weighted by Gasteiger charge is 2.11. The van der Waals surface area contributed by atoms with Gasteiger partial charge in [-0.1, -0.05) is 23.8 Å². The lowest BCUT2D eigenvalue weighted by molar-refractivity contribution is 1.12. The third-order valence-corrected chi connectivity index (χ3v) is 3.15. The van der Waals surface area contributed by atoms with Gasteiger partial charge in [0.2, 0.25) is 0 Å². The van der Waals surface area contributed by atoms with Crippen LogP contribution in [0.2, 0.25) is 5.02 Å². The van der Waals surface area contributed by atoms with Crippen molar-refractivity contribution in [2.45, 2.75) is 13.8 Å². The number of nitrogens with two attached hydrogens (primary N) is 1. The third kappa shape index (κ3) is 3.22. The van der Waals surface area contributed by atoms with Crippen LogP contribution in [-0.4, -0.2) is 9.97 Å². The molecule has 0 fully saturated rings. The van der Waals surface area contributed by atoms with Crippen molar-refractivity contribution < 1.29 is 0 Å². The Hall–Kier alpha value is -1.65. The van der Waals surface area contributed by atoms with Crippen LogP contribution in [0.1, 0.15) is 17.0 Å². The van der Waals surface area contributed by atoms with Crippen LogP contribution in [0.5, 0.6) is 0 Å². The Morgan fingerprint density at radius 2 is 1.89 bits per heavy atom. The maximum Gasteiger partial charge on any atom is 0.107 e. The molecule has 5 heteroatoms. The molecular formula is C14H14ClN3S. The van der Waals surface area contributed by atoms with Crippen molar-refractivity contribution in [1.82, 2.24) is 4.98 Å². The molecule has 19 heavy (non-hydrogen) atoms. The largest absolute Gasteiger partial charge is 0.389 e. The van der Waals surface area contributed by atoms with Gasteiger partial charge in [0, 0.05) is 22.1 Å². The minimum atomic E-state index is 0.335. The van der Waals surface area contributed by atoms with Crippen molar-refractivity contribution in [3.05, 3.63) is 52.3 Å². The first kappa shape index (κ1) is 13.8. The van der Waals surface area contributed by atoms with Crippen LogP contribution in [0.4, 0.5) is 11.4 Å². The van der Waals surface area contributed by atoms with Gasteiger partial charge in [0.1, 0.15) is 4.99 Å². The van der Waals surface area contributed by atoms with Gasteiger partial charge in [-0.2, -0.15) is 0 Å². The Labute approximate surface area is 122 Å². The first-order chi connectivity index (χ1) is 8.97. The average Bonchev–Trinajstić information content (AvgIpc) is 2.30. The minimum absolute atomic E-state index is 0.335. The Bertz CT molecular complexity index is 623. The molecule has 0 radical (unpaired) electrons. The maximum atomic E-state index is 5.87. The normalized spacial score (nSPS) is 10.3. The molecule has 1 aromatic carbocycles. The van der Waals surface area contributed by atoms with Gasteiger partial charge < -0.3 is 11.1 Å². The van der Waals surface area contributed by atoms with Gasteiger partial charge in [0.15, 0.2) is 0 Å². The monoisotopic (exact) mass is 291 g/mol. The summed E-state index contributed by atoms with van der Waals surface area (Å²) in [6, 6.07) is 9.38. The molecule has 1 aromatic heterocycles. The van der Waals surface area contributed by atoms with Crippen LogP contribution in [-0.2, 0) is 0 Å². The van der Waals surface area contributed by atoms with E-state index in [2.05, 4.69) is 10.3 Å². The fourth-order valence-corrected chi connectivity index (χ4v) is 2.31. The van der Waals surface area contributed by atoms with Gasteiger partial charge in [-0.25, -0.2) is 0 Å². The standard InChI is InChI=1S/C14H14ClN3S/c1-8-7-12(13(14(16)19)9(2)17-8)18-11-5-3-10(15)4-6-11/h3-7H,1-2H3,(H2,16,19)(H,17,18). The van der Waals surface area contributed by atoms with E-state index in [-0.39, 0.29) is 0 Å². The SMILES string of the molecule is Cc1cc(Nc2ccc(Cl)cc2)c(C(N)=S)c(C)n1. The maximum absolute atomic E-state index is 5.87. The van der Waals surface area contributed by atoms with Crippen molar-refractivity contribution in [3.8, 4) is 0 Å². The molecule has 0 bridgehead atoms. The van der Waals surface area contributed by atoms with Crippen molar-refractivity contribution in [1.29, 1.82) is 0 Å². The molecule has 0 aliphatic carbocycles. The lowest BCUT2D eigenvalue weighted by Crippen LogP contribution is -2.15. The molecule has 3 N–H and O–H groups in total. The molecule has 98 valence electrons. The van der Waals surface area contributed by atoms with Crippen molar-refractivity contribution in [2.75, 3.05) is 5.32 Å². The summed E-state index contributed by atoms with van der Waals surface area (Å²) in [6.07, 6.45) is 0. The van der Waals surface area contributed by atoms with Crippen LogP contribution in [0.25, 0.3) is 0 Å². The molecule has 3 nitrogen and oxygen atoms in total. The molecule has 0 atom stereocenters. The summed E-state index contributed by atoms with van der Waals surface area (Å²) < 4.78 is 0. The lowest BCUT2D eigenvalue weighted by atomic mass is 10.1. The molecular weight excluding hydrogens is 278 g/mol. The van der Waals surface area contributed by atoms with Gasteiger partial charge in [-0.3, -0.25) is 4.98 Å². The number of aromatic nitrogens is 1. The second-order valence-corrected chi connectivity index (χ2v) is 5.14. The number of halogens is 1. The fourth-order valence-electron chi connectivity index (χ4n) is 1.93. The van der Waals surface area contributed by atoms with E-state index in [1.165, 1.54) is 0 Å². The molecule has 2 aromatic rings. The van der Waals surface area contributed by atoms with E-state index in [0.717, 1.165) is 28.3 Å². The molecule has 0 amide bonds. The van der Waals surface area contributed by atoms with Crippen LogP contribution in [0.15, 0.2) is 30.3 Å². The second-order valence-electron chi connectivity index (χ2n) is 4.27. The number of pyridine rings is 1. The highest BCUT2D eigenvalue weighted by Crippen LogP contribution is 2.24. The highest BCUT2D eigenvalue weighted by molar-refractivity contribution is 7.80.